The zero-order valence-corrected chi connectivity index (χ0v) is 10.7. The van der Waals surface area contributed by atoms with Crippen molar-refractivity contribution in [2.45, 2.75) is 13.5 Å². The van der Waals surface area contributed by atoms with Crippen LogP contribution in [0.1, 0.15) is 6.92 Å². The third-order valence-electron chi connectivity index (χ3n) is 2.44. The summed E-state index contributed by atoms with van der Waals surface area (Å²) in [6.07, 6.45) is 0. The fraction of sp³-hybridized carbons (Fsp3) is 0.300. The molecule has 2 aromatic rings. The van der Waals surface area contributed by atoms with Crippen LogP contribution in [0.3, 0.4) is 0 Å². The molecule has 0 radical (unpaired) electrons. The first kappa shape index (κ1) is 9.46. The second kappa shape index (κ2) is 3.37. The SMILES string of the molecule is CCn1[se]c2c3c(ccc2c1=S)OCO3. The molecule has 0 atom stereocenters. The van der Waals surface area contributed by atoms with Crippen molar-refractivity contribution in [1.82, 2.24) is 3.56 Å². The Hall–Kier alpha value is -0.771. The van der Waals surface area contributed by atoms with E-state index in [-0.39, 0.29) is 14.7 Å². The maximum atomic E-state index is 5.49. The fourth-order valence-electron chi connectivity index (χ4n) is 1.70. The van der Waals surface area contributed by atoms with Crippen molar-refractivity contribution >= 4 is 36.6 Å². The second-order valence-electron chi connectivity index (χ2n) is 3.27. The van der Waals surface area contributed by atoms with Crippen LogP contribution in [0.2, 0.25) is 0 Å². The summed E-state index contributed by atoms with van der Waals surface area (Å²) in [5, 5.41) is 1.15. The van der Waals surface area contributed by atoms with E-state index in [1.807, 2.05) is 12.1 Å². The zero-order chi connectivity index (χ0) is 10.4. The van der Waals surface area contributed by atoms with Crippen molar-refractivity contribution in [2.75, 3.05) is 6.79 Å². The second-order valence-corrected chi connectivity index (χ2v) is 5.82. The van der Waals surface area contributed by atoms with Crippen LogP contribution in [0.15, 0.2) is 12.1 Å². The van der Waals surface area contributed by atoms with Gasteiger partial charge in [-0.15, -0.1) is 0 Å². The molecule has 78 valence electrons. The Bertz CT molecular complexity index is 587. The Labute approximate surface area is 98.2 Å². The number of nitrogens with zero attached hydrogens (tertiary/aromatic N) is 1. The first-order valence-corrected chi connectivity index (χ1v) is 6.76. The molecule has 1 aromatic carbocycles. The number of benzene rings is 1. The van der Waals surface area contributed by atoms with E-state index < -0.39 is 0 Å². The van der Waals surface area contributed by atoms with Gasteiger partial charge in [-0.1, -0.05) is 0 Å². The Morgan fingerprint density at radius 3 is 3.13 bits per heavy atom. The minimum atomic E-state index is 0.250. The van der Waals surface area contributed by atoms with Gasteiger partial charge < -0.3 is 0 Å². The molecule has 3 rings (SSSR count). The molecule has 1 aliphatic rings. The Balaban J connectivity index is 2.42. The van der Waals surface area contributed by atoms with Gasteiger partial charge in [0.1, 0.15) is 0 Å². The van der Waals surface area contributed by atoms with Crippen LogP contribution in [0.4, 0.5) is 0 Å². The normalized spacial score (nSPS) is 13.7. The number of aromatic nitrogens is 1. The van der Waals surface area contributed by atoms with Gasteiger partial charge >= 0.3 is 98.2 Å². The summed E-state index contributed by atoms with van der Waals surface area (Å²) in [5.41, 5.74) is 0. The summed E-state index contributed by atoms with van der Waals surface area (Å²) >= 11 is 5.66. The number of ether oxygens (including phenoxy) is 2. The quantitative estimate of drug-likeness (QED) is 0.593. The number of hydrogen-bond acceptors (Lipinski definition) is 3. The monoisotopic (exact) mass is 287 g/mol. The number of rotatable bonds is 1. The van der Waals surface area contributed by atoms with E-state index in [1.54, 1.807) is 0 Å². The van der Waals surface area contributed by atoms with Gasteiger partial charge in [0.2, 0.25) is 0 Å². The molecule has 0 bridgehead atoms. The molecule has 2 heterocycles. The van der Waals surface area contributed by atoms with Crippen LogP contribution in [0.25, 0.3) is 9.65 Å². The van der Waals surface area contributed by atoms with Crippen LogP contribution in [0.5, 0.6) is 11.5 Å². The van der Waals surface area contributed by atoms with Gasteiger partial charge in [0, 0.05) is 0 Å². The summed E-state index contributed by atoms with van der Waals surface area (Å²) < 4.78 is 15.3. The number of aryl methyl sites for hydroxylation is 1. The Kier molecular flexibility index (Phi) is 2.12. The van der Waals surface area contributed by atoms with E-state index in [0.717, 1.165) is 28.1 Å². The van der Waals surface area contributed by atoms with Crippen molar-refractivity contribution in [3.8, 4) is 11.5 Å². The molecule has 5 heteroatoms. The van der Waals surface area contributed by atoms with Gasteiger partial charge in [-0.25, -0.2) is 0 Å². The van der Waals surface area contributed by atoms with Gasteiger partial charge in [-0.2, -0.15) is 0 Å². The van der Waals surface area contributed by atoms with Crippen molar-refractivity contribution in [3.05, 3.63) is 16.8 Å². The number of fused-ring (bicyclic) bond motifs is 3. The topological polar surface area (TPSA) is 23.4 Å². The van der Waals surface area contributed by atoms with E-state index in [9.17, 15) is 0 Å². The first-order chi connectivity index (χ1) is 7.31. The summed E-state index contributed by atoms with van der Waals surface area (Å²) in [4.78, 5) is 0. The molecule has 0 spiro atoms. The van der Waals surface area contributed by atoms with Crippen molar-refractivity contribution in [3.63, 3.8) is 0 Å². The van der Waals surface area contributed by atoms with E-state index in [1.165, 1.54) is 4.26 Å². The molecule has 0 unspecified atom stereocenters. The zero-order valence-electron chi connectivity index (χ0n) is 8.15. The summed E-state index contributed by atoms with van der Waals surface area (Å²) in [6, 6.07) is 3.99. The fourth-order valence-corrected chi connectivity index (χ4v) is 4.51. The standard InChI is InChI=1S/C10H9NO2SSe/c1-2-11-10(14)6-3-4-7-8(9(6)15-11)13-5-12-7/h3-4H,2,5H2,1H3. The average Bonchev–Trinajstić information content (AvgIpc) is 2.82. The molecule has 3 nitrogen and oxygen atoms in total. The van der Waals surface area contributed by atoms with Gasteiger partial charge in [0.15, 0.2) is 0 Å². The van der Waals surface area contributed by atoms with E-state index in [0.29, 0.717) is 6.79 Å². The van der Waals surface area contributed by atoms with Gasteiger partial charge in [-0.05, 0) is 0 Å². The van der Waals surface area contributed by atoms with Crippen molar-refractivity contribution in [1.29, 1.82) is 0 Å². The molecule has 0 saturated carbocycles. The summed E-state index contributed by atoms with van der Waals surface area (Å²) in [6.45, 7) is 3.42. The molecular formula is C10H9NO2SSe. The van der Waals surface area contributed by atoms with Gasteiger partial charge in [0.25, 0.3) is 0 Å². The van der Waals surface area contributed by atoms with Crippen LogP contribution in [-0.4, -0.2) is 25.1 Å². The van der Waals surface area contributed by atoms with E-state index in [4.69, 9.17) is 21.7 Å². The van der Waals surface area contributed by atoms with Gasteiger partial charge in [-0.3, -0.25) is 0 Å². The summed E-state index contributed by atoms with van der Waals surface area (Å²) in [7, 11) is 0. The van der Waals surface area contributed by atoms with Crippen molar-refractivity contribution in [2.24, 2.45) is 0 Å². The predicted octanol–water partition coefficient (Wildman–Crippen LogP) is 2.18. The number of hydrogen-bond donors (Lipinski definition) is 0. The third-order valence-corrected chi connectivity index (χ3v) is 5.76. The molecular weight excluding hydrogens is 277 g/mol. The van der Waals surface area contributed by atoms with E-state index >= 15 is 0 Å². The summed E-state index contributed by atoms with van der Waals surface area (Å²) in [5.74, 6) is 1.77. The first-order valence-electron chi connectivity index (χ1n) is 4.73. The van der Waals surface area contributed by atoms with Crippen LogP contribution >= 0.6 is 12.2 Å². The van der Waals surface area contributed by atoms with Crippen LogP contribution in [-0.2, 0) is 6.54 Å². The van der Waals surface area contributed by atoms with Gasteiger partial charge in [0.05, 0.1) is 0 Å². The minimum absolute atomic E-state index is 0.250. The molecule has 0 aliphatic carbocycles. The Morgan fingerprint density at radius 1 is 1.47 bits per heavy atom. The third kappa shape index (κ3) is 1.27. The molecule has 0 amide bonds. The van der Waals surface area contributed by atoms with Crippen LogP contribution in [0, 0.1) is 4.64 Å². The predicted molar refractivity (Wildman–Crippen MR) is 61.5 cm³/mol. The van der Waals surface area contributed by atoms with Crippen molar-refractivity contribution < 1.29 is 9.47 Å². The molecule has 0 saturated heterocycles. The molecule has 1 aromatic heterocycles. The van der Waals surface area contributed by atoms with Crippen LogP contribution < -0.4 is 9.47 Å². The Morgan fingerprint density at radius 2 is 2.33 bits per heavy atom. The molecule has 0 N–H and O–H groups in total. The average molecular weight is 286 g/mol. The maximum absolute atomic E-state index is 5.49. The molecule has 1 aliphatic heterocycles. The molecule has 0 fully saturated rings. The molecule has 15 heavy (non-hydrogen) atoms. The van der Waals surface area contributed by atoms with E-state index in [2.05, 4.69) is 10.5 Å².